The summed E-state index contributed by atoms with van der Waals surface area (Å²) >= 11 is 0. The van der Waals surface area contributed by atoms with E-state index in [1.165, 1.54) is 6.92 Å². The van der Waals surface area contributed by atoms with Gasteiger partial charge in [-0.15, -0.1) is 0 Å². The second-order valence-corrected chi connectivity index (χ2v) is 3.94. The quantitative estimate of drug-likeness (QED) is 0.561. The predicted octanol–water partition coefficient (Wildman–Crippen LogP) is -0.749. The number of hydrogen-bond acceptors (Lipinski definition) is 6. The van der Waals surface area contributed by atoms with E-state index in [0.29, 0.717) is 0 Å². The molecule has 7 nitrogen and oxygen atoms in total. The number of rotatable bonds is 4. The van der Waals surface area contributed by atoms with E-state index >= 15 is 0 Å². The van der Waals surface area contributed by atoms with E-state index in [1.54, 1.807) is 0 Å². The molecular formula is C10H16O7. The molecule has 0 aromatic heterocycles. The lowest BCUT2D eigenvalue weighted by Gasteiger charge is -2.37. The summed E-state index contributed by atoms with van der Waals surface area (Å²) in [7, 11) is 0. The standard InChI is InChI=1S/C10H16O7/c1-5(11)16-10-6(12)4-9(15)17-7(10)2-3-8(13)14/h6-7,9-10,12,15H,2-4H2,1H3,(H,13,14). The third kappa shape index (κ3) is 4.29. The van der Waals surface area contributed by atoms with Crippen molar-refractivity contribution in [2.24, 2.45) is 0 Å². The van der Waals surface area contributed by atoms with Gasteiger partial charge in [0, 0.05) is 19.8 Å². The summed E-state index contributed by atoms with van der Waals surface area (Å²) in [6, 6.07) is 0. The number of hydrogen-bond donors (Lipinski definition) is 3. The Morgan fingerprint density at radius 3 is 2.59 bits per heavy atom. The van der Waals surface area contributed by atoms with Crippen molar-refractivity contribution in [1.82, 2.24) is 0 Å². The van der Waals surface area contributed by atoms with Gasteiger partial charge in [-0.3, -0.25) is 9.59 Å². The first kappa shape index (κ1) is 13.9. The maximum atomic E-state index is 10.9. The first-order chi connectivity index (χ1) is 7.90. The minimum atomic E-state index is -1.17. The number of carbonyl (C=O) groups is 2. The molecule has 0 aromatic rings. The second-order valence-electron chi connectivity index (χ2n) is 3.94. The summed E-state index contributed by atoms with van der Waals surface area (Å²) in [5, 5.41) is 27.5. The van der Waals surface area contributed by atoms with E-state index < -0.39 is 36.5 Å². The highest BCUT2D eigenvalue weighted by atomic mass is 16.6. The maximum absolute atomic E-state index is 10.9. The Morgan fingerprint density at radius 1 is 1.41 bits per heavy atom. The number of carboxylic acids is 1. The Kier molecular flexibility index (Phi) is 4.86. The van der Waals surface area contributed by atoms with Crippen molar-refractivity contribution >= 4 is 11.9 Å². The van der Waals surface area contributed by atoms with Crippen molar-refractivity contribution in [1.29, 1.82) is 0 Å². The van der Waals surface area contributed by atoms with Gasteiger partial charge in [-0.05, 0) is 6.42 Å². The number of aliphatic carboxylic acids is 1. The number of carbonyl (C=O) groups excluding carboxylic acids is 1. The zero-order valence-corrected chi connectivity index (χ0v) is 9.41. The van der Waals surface area contributed by atoms with Crippen LogP contribution in [0.3, 0.4) is 0 Å². The van der Waals surface area contributed by atoms with Gasteiger partial charge < -0.3 is 24.8 Å². The zero-order chi connectivity index (χ0) is 13.0. The van der Waals surface area contributed by atoms with Crippen LogP contribution in [0.25, 0.3) is 0 Å². The van der Waals surface area contributed by atoms with Gasteiger partial charge in [0.2, 0.25) is 0 Å². The van der Waals surface area contributed by atoms with Crippen LogP contribution < -0.4 is 0 Å². The third-order valence-electron chi connectivity index (χ3n) is 2.47. The Labute approximate surface area is 98.0 Å². The van der Waals surface area contributed by atoms with Crippen LogP contribution in [0.5, 0.6) is 0 Å². The molecule has 4 atom stereocenters. The summed E-state index contributed by atoms with van der Waals surface area (Å²) in [5.74, 6) is -1.61. The molecule has 17 heavy (non-hydrogen) atoms. The molecule has 1 fully saturated rings. The lowest BCUT2D eigenvalue weighted by molar-refractivity contribution is -0.241. The number of carboxylic acid groups (broad SMARTS) is 1. The topological polar surface area (TPSA) is 113 Å². The number of esters is 1. The summed E-state index contributed by atoms with van der Waals surface area (Å²) in [4.78, 5) is 21.3. The van der Waals surface area contributed by atoms with Crippen molar-refractivity contribution in [2.75, 3.05) is 0 Å². The molecule has 1 aliphatic rings. The van der Waals surface area contributed by atoms with E-state index in [1.807, 2.05) is 0 Å². The molecular weight excluding hydrogens is 232 g/mol. The molecule has 0 saturated carbocycles. The van der Waals surface area contributed by atoms with Gasteiger partial charge in [0.25, 0.3) is 0 Å². The van der Waals surface area contributed by atoms with Crippen LogP contribution in [-0.2, 0) is 19.1 Å². The normalized spacial score (nSPS) is 33.1. The molecule has 0 aliphatic carbocycles. The van der Waals surface area contributed by atoms with Crippen molar-refractivity contribution in [2.45, 2.75) is 50.8 Å². The number of ether oxygens (including phenoxy) is 2. The second kappa shape index (κ2) is 5.95. The summed E-state index contributed by atoms with van der Waals surface area (Å²) in [5.41, 5.74) is 0. The fourth-order valence-corrected chi connectivity index (χ4v) is 1.77. The zero-order valence-electron chi connectivity index (χ0n) is 9.41. The third-order valence-corrected chi connectivity index (χ3v) is 2.47. The van der Waals surface area contributed by atoms with Gasteiger partial charge in [-0.25, -0.2) is 0 Å². The van der Waals surface area contributed by atoms with Crippen LogP contribution in [0.2, 0.25) is 0 Å². The predicted molar refractivity (Wildman–Crippen MR) is 53.9 cm³/mol. The van der Waals surface area contributed by atoms with Crippen LogP contribution in [0.1, 0.15) is 26.2 Å². The average molecular weight is 248 g/mol. The van der Waals surface area contributed by atoms with Crippen LogP contribution >= 0.6 is 0 Å². The van der Waals surface area contributed by atoms with Crippen LogP contribution in [0.4, 0.5) is 0 Å². The lowest BCUT2D eigenvalue weighted by atomic mass is 9.97. The molecule has 3 N–H and O–H groups in total. The highest BCUT2D eigenvalue weighted by Gasteiger charge is 2.39. The summed E-state index contributed by atoms with van der Waals surface area (Å²) < 4.78 is 9.95. The fraction of sp³-hybridized carbons (Fsp3) is 0.800. The molecule has 0 aromatic carbocycles. The van der Waals surface area contributed by atoms with E-state index in [-0.39, 0.29) is 19.3 Å². The molecule has 1 rings (SSSR count). The van der Waals surface area contributed by atoms with E-state index in [9.17, 15) is 19.8 Å². The molecule has 7 heteroatoms. The first-order valence-corrected chi connectivity index (χ1v) is 5.30. The van der Waals surface area contributed by atoms with Gasteiger partial charge >= 0.3 is 11.9 Å². The first-order valence-electron chi connectivity index (χ1n) is 5.30. The molecule has 1 aliphatic heterocycles. The minimum Gasteiger partial charge on any atom is -0.481 e. The summed E-state index contributed by atoms with van der Waals surface area (Å²) in [6.07, 6.45) is -4.17. The van der Waals surface area contributed by atoms with Crippen molar-refractivity contribution in [3.63, 3.8) is 0 Å². The smallest absolute Gasteiger partial charge is 0.303 e. The average Bonchev–Trinajstić information content (AvgIpc) is 2.18. The monoisotopic (exact) mass is 248 g/mol. The molecule has 0 amide bonds. The van der Waals surface area contributed by atoms with Gasteiger partial charge in [0.15, 0.2) is 12.4 Å². The minimum absolute atomic E-state index is 0.0569. The van der Waals surface area contributed by atoms with Crippen LogP contribution in [-0.4, -0.2) is 51.9 Å². The molecule has 0 spiro atoms. The van der Waals surface area contributed by atoms with Crippen molar-refractivity contribution < 1.29 is 34.4 Å². The highest BCUT2D eigenvalue weighted by molar-refractivity contribution is 5.67. The molecule has 0 radical (unpaired) electrons. The van der Waals surface area contributed by atoms with E-state index in [0.717, 1.165) is 0 Å². The fourth-order valence-electron chi connectivity index (χ4n) is 1.77. The molecule has 1 saturated heterocycles. The number of aliphatic hydroxyl groups is 2. The van der Waals surface area contributed by atoms with Gasteiger partial charge in [-0.1, -0.05) is 0 Å². The summed E-state index contributed by atoms with van der Waals surface area (Å²) in [6.45, 7) is 1.19. The molecule has 98 valence electrons. The van der Waals surface area contributed by atoms with Gasteiger partial charge in [0.05, 0.1) is 6.10 Å². The van der Waals surface area contributed by atoms with Gasteiger partial charge in [0.1, 0.15) is 6.10 Å². The highest BCUT2D eigenvalue weighted by Crippen LogP contribution is 2.24. The van der Waals surface area contributed by atoms with Crippen LogP contribution in [0, 0.1) is 0 Å². The Balaban J connectivity index is 2.64. The Morgan fingerprint density at radius 2 is 2.06 bits per heavy atom. The number of aliphatic hydroxyl groups excluding tert-OH is 2. The van der Waals surface area contributed by atoms with E-state index in [4.69, 9.17) is 14.6 Å². The molecule has 1 heterocycles. The molecule has 4 unspecified atom stereocenters. The lowest BCUT2D eigenvalue weighted by Crippen LogP contribution is -2.50. The van der Waals surface area contributed by atoms with Crippen molar-refractivity contribution in [3.05, 3.63) is 0 Å². The van der Waals surface area contributed by atoms with Gasteiger partial charge in [-0.2, -0.15) is 0 Å². The maximum Gasteiger partial charge on any atom is 0.303 e. The Bertz CT molecular complexity index is 290. The largest absolute Gasteiger partial charge is 0.481 e. The van der Waals surface area contributed by atoms with Crippen LogP contribution in [0.15, 0.2) is 0 Å². The van der Waals surface area contributed by atoms with Crippen molar-refractivity contribution in [3.8, 4) is 0 Å². The van der Waals surface area contributed by atoms with E-state index in [2.05, 4.69) is 0 Å². The Hall–Kier alpha value is -1.18. The molecule has 0 bridgehead atoms. The SMILES string of the molecule is CC(=O)OC1C(O)CC(O)OC1CCC(=O)O.